The number of nitrogens with zero attached hydrogens (tertiary/aromatic N) is 2. The van der Waals surface area contributed by atoms with E-state index in [9.17, 15) is 13.2 Å². The summed E-state index contributed by atoms with van der Waals surface area (Å²) in [5.41, 5.74) is 5.62. The number of amides is 1. The van der Waals surface area contributed by atoms with Gasteiger partial charge in [0.2, 0.25) is 15.9 Å². The molecule has 2 N–H and O–H groups in total. The van der Waals surface area contributed by atoms with Gasteiger partial charge in [0.25, 0.3) is 0 Å². The molecule has 2 heterocycles. The van der Waals surface area contributed by atoms with Gasteiger partial charge in [0.1, 0.15) is 0 Å². The average Bonchev–Trinajstić information content (AvgIpc) is 2.92. The fourth-order valence-electron chi connectivity index (χ4n) is 2.72. The van der Waals surface area contributed by atoms with E-state index in [-0.39, 0.29) is 36.5 Å². The van der Waals surface area contributed by atoms with Crippen LogP contribution in [0, 0.1) is 0 Å². The molecule has 0 bridgehead atoms. The SMILES string of the molecule is Cl.NCC1CCCN1C(=O)CCN1CCCS1(=O)=O. The second-order valence-electron chi connectivity index (χ2n) is 4.94. The van der Waals surface area contributed by atoms with E-state index in [1.54, 1.807) is 0 Å². The first-order chi connectivity index (χ1) is 8.54. The van der Waals surface area contributed by atoms with Crippen molar-refractivity contribution in [3.05, 3.63) is 0 Å². The topological polar surface area (TPSA) is 83.7 Å². The number of rotatable bonds is 4. The molecule has 2 fully saturated rings. The summed E-state index contributed by atoms with van der Waals surface area (Å²) in [4.78, 5) is 13.8. The predicted octanol–water partition coefficient (Wildman–Crippen LogP) is -0.216. The first kappa shape index (κ1) is 16.7. The van der Waals surface area contributed by atoms with Crippen molar-refractivity contribution in [3.63, 3.8) is 0 Å². The molecule has 2 aliphatic rings. The number of hydrogen-bond acceptors (Lipinski definition) is 4. The molecule has 0 aliphatic carbocycles. The summed E-state index contributed by atoms with van der Waals surface area (Å²) in [5.74, 6) is 0.251. The van der Waals surface area contributed by atoms with Crippen molar-refractivity contribution in [1.82, 2.24) is 9.21 Å². The molecular formula is C11H22ClN3O3S. The lowest BCUT2D eigenvalue weighted by Gasteiger charge is -2.24. The van der Waals surface area contributed by atoms with Gasteiger partial charge in [-0.25, -0.2) is 12.7 Å². The number of likely N-dealkylation sites (tertiary alicyclic amines) is 1. The third-order valence-electron chi connectivity index (χ3n) is 3.75. The smallest absolute Gasteiger partial charge is 0.224 e. The van der Waals surface area contributed by atoms with Crippen LogP contribution in [0.2, 0.25) is 0 Å². The third kappa shape index (κ3) is 3.81. The fourth-order valence-corrected chi connectivity index (χ4v) is 4.24. The number of carbonyl (C=O) groups excluding carboxylic acids is 1. The quantitative estimate of drug-likeness (QED) is 0.778. The lowest BCUT2D eigenvalue weighted by molar-refractivity contribution is -0.131. The molecule has 2 saturated heterocycles. The third-order valence-corrected chi connectivity index (χ3v) is 5.70. The molecule has 112 valence electrons. The number of sulfonamides is 1. The molecule has 8 heteroatoms. The predicted molar refractivity (Wildman–Crippen MR) is 75.6 cm³/mol. The Morgan fingerprint density at radius 2 is 2.00 bits per heavy atom. The Labute approximate surface area is 120 Å². The first-order valence-electron chi connectivity index (χ1n) is 6.52. The van der Waals surface area contributed by atoms with E-state index in [0.29, 0.717) is 26.1 Å². The van der Waals surface area contributed by atoms with Crippen LogP contribution in [0.25, 0.3) is 0 Å². The summed E-state index contributed by atoms with van der Waals surface area (Å²) in [6.07, 6.45) is 2.90. The minimum absolute atomic E-state index is 0. The van der Waals surface area contributed by atoms with Crippen LogP contribution in [0.1, 0.15) is 25.7 Å². The average molecular weight is 312 g/mol. The van der Waals surface area contributed by atoms with Gasteiger partial charge in [0, 0.05) is 38.6 Å². The molecule has 19 heavy (non-hydrogen) atoms. The van der Waals surface area contributed by atoms with Gasteiger partial charge < -0.3 is 10.6 Å². The lowest BCUT2D eigenvalue weighted by atomic mass is 10.2. The highest BCUT2D eigenvalue weighted by Gasteiger charge is 2.31. The van der Waals surface area contributed by atoms with Crippen LogP contribution in [-0.2, 0) is 14.8 Å². The summed E-state index contributed by atoms with van der Waals surface area (Å²) >= 11 is 0. The van der Waals surface area contributed by atoms with Crippen LogP contribution in [0.3, 0.4) is 0 Å². The van der Waals surface area contributed by atoms with Gasteiger partial charge in [-0.2, -0.15) is 0 Å². The Balaban J connectivity index is 0.00000180. The van der Waals surface area contributed by atoms with Crippen LogP contribution in [-0.4, -0.2) is 61.5 Å². The molecule has 0 saturated carbocycles. The maximum absolute atomic E-state index is 12.0. The van der Waals surface area contributed by atoms with E-state index in [0.717, 1.165) is 19.4 Å². The zero-order chi connectivity index (χ0) is 13.2. The molecule has 0 aromatic rings. The number of nitrogens with two attached hydrogens (primary N) is 1. The van der Waals surface area contributed by atoms with Crippen molar-refractivity contribution in [2.75, 3.05) is 31.9 Å². The van der Waals surface area contributed by atoms with Gasteiger partial charge in [0.05, 0.1) is 5.75 Å². The van der Waals surface area contributed by atoms with Crippen molar-refractivity contribution in [1.29, 1.82) is 0 Å². The zero-order valence-electron chi connectivity index (χ0n) is 11.0. The van der Waals surface area contributed by atoms with E-state index >= 15 is 0 Å². The molecule has 0 aromatic heterocycles. The Morgan fingerprint density at radius 1 is 1.26 bits per heavy atom. The van der Waals surface area contributed by atoms with Crippen LogP contribution in [0.15, 0.2) is 0 Å². The minimum Gasteiger partial charge on any atom is -0.338 e. The monoisotopic (exact) mass is 311 g/mol. The largest absolute Gasteiger partial charge is 0.338 e. The van der Waals surface area contributed by atoms with Crippen molar-refractivity contribution >= 4 is 28.3 Å². The van der Waals surface area contributed by atoms with Crippen LogP contribution >= 0.6 is 12.4 Å². The lowest BCUT2D eigenvalue weighted by Crippen LogP contribution is -2.41. The van der Waals surface area contributed by atoms with Gasteiger partial charge in [-0.3, -0.25) is 4.79 Å². The van der Waals surface area contributed by atoms with E-state index in [1.165, 1.54) is 4.31 Å². The van der Waals surface area contributed by atoms with Gasteiger partial charge in [-0.05, 0) is 19.3 Å². The number of carbonyl (C=O) groups is 1. The molecular weight excluding hydrogens is 290 g/mol. The van der Waals surface area contributed by atoms with Crippen LogP contribution < -0.4 is 5.73 Å². The van der Waals surface area contributed by atoms with Gasteiger partial charge in [-0.1, -0.05) is 0 Å². The van der Waals surface area contributed by atoms with Crippen molar-refractivity contribution in [2.24, 2.45) is 5.73 Å². The molecule has 0 radical (unpaired) electrons. The molecule has 1 unspecified atom stereocenters. The second kappa shape index (κ2) is 6.88. The zero-order valence-corrected chi connectivity index (χ0v) is 12.6. The molecule has 0 aromatic carbocycles. The summed E-state index contributed by atoms with van der Waals surface area (Å²) in [5, 5.41) is 0. The molecule has 6 nitrogen and oxygen atoms in total. The van der Waals surface area contributed by atoms with Crippen molar-refractivity contribution < 1.29 is 13.2 Å². The molecule has 2 rings (SSSR count). The fraction of sp³-hybridized carbons (Fsp3) is 0.909. The molecule has 1 atom stereocenters. The Kier molecular flexibility index (Phi) is 6.04. The molecule has 1 amide bonds. The van der Waals surface area contributed by atoms with Gasteiger partial charge >= 0.3 is 0 Å². The van der Waals surface area contributed by atoms with E-state index < -0.39 is 10.0 Å². The van der Waals surface area contributed by atoms with E-state index in [4.69, 9.17) is 5.73 Å². The standard InChI is InChI=1S/C11H21N3O3S.ClH/c12-9-10-3-1-6-14(10)11(15)4-7-13-5-2-8-18(13,16)17;/h10H,1-9,12H2;1H. The molecule has 0 spiro atoms. The van der Waals surface area contributed by atoms with Crippen LogP contribution in [0.4, 0.5) is 0 Å². The normalized spacial score (nSPS) is 26.4. The summed E-state index contributed by atoms with van der Waals surface area (Å²) in [7, 11) is -3.09. The van der Waals surface area contributed by atoms with Gasteiger partial charge in [-0.15, -0.1) is 12.4 Å². The first-order valence-corrected chi connectivity index (χ1v) is 8.13. The maximum Gasteiger partial charge on any atom is 0.224 e. The Bertz CT molecular complexity index is 415. The van der Waals surface area contributed by atoms with Gasteiger partial charge in [0.15, 0.2) is 0 Å². The summed E-state index contributed by atoms with van der Waals surface area (Å²) in [6.45, 7) is 2.12. The summed E-state index contributed by atoms with van der Waals surface area (Å²) in [6, 6.07) is 0.146. The van der Waals surface area contributed by atoms with Crippen molar-refractivity contribution in [3.8, 4) is 0 Å². The van der Waals surface area contributed by atoms with Crippen LogP contribution in [0.5, 0.6) is 0 Å². The number of hydrogen-bond donors (Lipinski definition) is 1. The Morgan fingerprint density at radius 3 is 2.58 bits per heavy atom. The number of halogens is 1. The second-order valence-corrected chi connectivity index (χ2v) is 7.03. The molecule has 2 aliphatic heterocycles. The highest BCUT2D eigenvalue weighted by Crippen LogP contribution is 2.18. The Hall–Kier alpha value is -0.370. The van der Waals surface area contributed by atoms with E-state index in [1.807, 2.05) is 4.90 Å². The maximum atomic E-state index is 12.0. The summed E-state index contributed by atoms with van der Waals surface area (Å²) < 4.78 is 24.6. The highest BCUT2D eigenvalue weighted by molar-refractivity contribution is 7.89. The van der Waals surface area contributed by atoms with Crippen molar-refractivity contribution in [2.45, 2.75) is 31.7 Å². The highest BCUT2D eigenvalue weighted by atomic mass is 35.5. The minimum atomic E-state index is -3.09. The van der Waals surface area contributed by atoms with E-state index in [2.05, 4.69) is 0 Å².